The first-order chi connectivity index (χ1) is 10.0. The molecule has 2 rings (SSSR count). The van der Waals surface area contributed by atoms with Gasteiger partial charge in [-0.05, 0) is 70.3 Å². The number of rotatable bonds is 6. The first-order valence-electron chi connectivity index (χ1n) is 8.12. The van der Waals surface area contributed by atoms with Crippen molar-refractivity contribution in [2.75, 3.05) is 26.2 Å². The van der Waals surface area contributed by atoms with Crippen molar-refractivity contribution in [1.82, 2.24) is 4.90 Å². The number of morpholine rings is 1. The first kappa shape index (κ1) is 16.3. The van der Waals surface area contributed by atoms with E-state index in [2.05, 4.69) is 50.8 Å². The SMILES string of the molecule is Cc1ccc(OCCCCN2C[C@@H](C)O[C@H](C)C2)cc1C. The molecule has 0 spiro atoms. The molecule has 3 nitrogen and oxygen atoms in total. The monoisotopic (exact) mass is 291 g/mol. The molecule has 1 aliphatic rings. The molecule has 0 unspecified atom stereocenters. The number of benzene rings is 1. The van der Waals surface area contributed by atoms with Crippen LogP contribution in [0, 0.1) is 13.8 Å². The van der Waals surface area contributed by atoms with Gasteiger partial charge in [0.1, 0.15) is 5.75 Å². The summed E-state index contributed by atoms with van der Waals surface area (Å²) in [5.74, 6) is 0.992. The molecule has 0 aliphatic carbocycles. The predicted molar refractivity (Wildman–Crippen MR) is 87.1 cm³/mol. The summed E-state index contributed by atoms with van der Waals surface area (Å²) in [5, 5.41) is 0. The number of unbranched alkanes of at least 4 members (excludes halogenated alkanes) is 1. The summed E-state index contributed by atoms with van der Waals surface area (Å²) in [7, 11) is 0. The Bertz CT molecular complexity index is 437. The largest absolute Gasteiger partial charge is 0.494 e. The molecular weight excluding hydrogens is 262 g/mol. The second-order valence-corrected chi connectivity index (χ2v) is 6.32. The van der Waals surface area contributed by atoms with Gasteiger partial charge in [0, 0.05) is 13.1 Å². The highest BCUT2D eigenvalue weighted by Gasteiger charge is 2.21. The van der Waals surface area contributed by atoms with Crippen LogP contribution in [0.3, 0.4) is 0 Å². The van der Waals surface area contributed by atoms with Crippen LogP contribution < -0.4 is 4.74 Å². The van der Waals surface area contributed by atoms with Gasteiger partial charge >= 0.3 is 0 Å². The van der Waals surface area contributed by atoms with E-state index in [4.69, 9.17) is 9.47 Å². The van der Waals surface area contributed by atoms with E-state index in [-0.39, 0.29) is 0 Å². The molecular formula is C18H29NO2. The van der Waals surface area contributed by atoms with Gasteiger partial charge in [0.25, 0.3) is 0 Å². The van der Waals surface area contributed by atoms with Crippen molar-refractivity contribution >= 4 is 0 Å². The lowest BCUT2D eigenvalue weighted by atomic mass is 10.1. The first-order valence-corrected chi connectivity index (χ1v) is 8.12. The highest BCUT2D eigenvalue weighted by atomic mass is 16.5. The topological polar surface area (TPSA) is 21.7 Å². The minimum Gasteiger partial charge on any atom is -0.494 e. The van der Waals surface area contributed by atoms with Gasteiger partial charge in [0.15, 0.2) is 0 Å². The van der Waals surface area contributed by atoms with E-state index in [1.165, 1.54) is 17.5 Å². The maximum absolute atomic E-state index is 5.83. The summed E-state index contributed by atoms with van der Waals surface area (Å²) in [6.45, 7) is 12.6. The summed E-state index contributed by atoms with van der Waals surface area (Å²) in [5.41, 5.74) is 2.61. The van der Waals surface area contributed by atoms with Gasteiger partial charge in [-0.25, -0.2) is 0 Å². The van der Waals surface area contributed by atoms with Crippen molar-refractivity contribution in [2.24, 2.45) is 0 Å². The normalized spacial score (nSPS) is 23.2. The second-order valence-electron chi connectivity index (χ2n) is 6.32. The Morgan fingerprint density at radius 2 is 1.81 bits per heavy atom. The highest BCUT2D eigenvalue weighted by molar-refractivity contribution is 5.33. The second kappa shape index (κ2) is 7.81. The van der Waals surface area contributed by atoms with Crippen molar-refractivity contribution in [1.29, 1.82) is 0 Å². The molecule has 0 saturated carbocycles. The van der Waals surface area contributed by atoms with E-state index in [1.807, 2.05) is 0 Å². The van der Waals surface area contributed by atoms with Crippen LogP contribution in [-0.4, -0.2) is 43.3 Å². The van der Waals surface area contributed by atoms with Crippen LogP contribution in [0.25, 0.3) is 0 Å². The molecule has 0 N–H and O–H groups in total. The molecule has 1 aromatic rings. The Morgan fingerprint density at radius 1 is 1.10 bits per heavy atom. The lowest BCUT2D eigenvalue weighted by Crippen LogP contribution is -2.45. The lowest BCUT2D eigenvalue weighted by molar-refractivity contribution is -0.0682. The molecule has 0 amide bonds. The molecule has 0 bridgehead atoms. The Morgan fingerprint density at radius 3 is 2.48 bits per heavy atom. The predicted octanol–water partition coefficient (Wildman–Crippen LogP) is 3.57. The lowest BCUT2D eigenvalue weighted by Gasteiger charge is -2.35. The Hall–Kier alpha value is -1.06. The average Bonchev–Trinajstić information content (AvgIpc) is 2.41. The molecule has 2 atom stereocenters. The molecule has 1 fully saturated rings. The van der Waals surface area contributed by atoms with E-state index < -0.39 is 0 Å². The molecule has 0 radical (unpaired) electrons. The standard InChI is InChI=1S/C18H29NO2/c1-14-7-8-18(11-15(14)2)20-10-6-5-9-19-12-16(3)21-17(4)13-19/h7-8,11,16-17H,5-6,9-10,12-13H2,1-4H3/t16-,17-/m1/s1. The maximum Gasteiger partial charge on any atom is 0.119 e. The summed E-state index contributed by atoms with van der Waals surface area (Å²) in [6, 6.07) is 6.31. The number of aryl methyl sites for hydroxylation is 2. The third-order valence-electron chi connectivity index (χ3n) is 4.11. The van der Waals surface area contributed by atoms with Crippen molar-refractivity contribution in [3.05, 3.63) is 29.3 Å². The minimum absolute atomic E-state index is 0.362. The van der Waals surface area contributed by atoms with Gasteiger partial charge < -0.3 is 9.47 Å². The summed E-state index contributed by atoms with van der Waals surface area (Å²) in [4.78, 5) is 2.51. The number of hydrogen-bond donors (Lipinski definition) is 0. The van der Waals surface area contributed by atoms with Crippen molar-refractivity contribution in [3.8, 4) is 5.75 Å². The third kappa shape index (κ3) is 5.33. The maximum atomic E-state index is 5.83. The van der Waals surface area contributed by atoms with Gasteiger partial charge in [-0.2, -0.15) is 0 Å². The van der Waals surface area contributed by atoms with E-state index in [0.29, 0.717) is 12.2 Å². The van der Waals surface area contributed by atoms with E-state index in [1.54, 1.807) is 0 Å². The van der Waals surface area contributed by atoms with Gasteiger partial charge in [-0.3, -0.25) is 4.90 Å². The fraction of sp³-hybridized carbons (Fsp3) is 0.667. The van der Waals surface area contributed by atoms with Crippen LogP contribution in [0.4, 0.5) is 0 Å². The van der Waals surface area contributed by atoms with Crippen LogP contribution in [-0.2, 0) is 4.74 Å². The van der Waals surface area contributed by atoms with E-state index in [0.717, 1.165) is 38.4 Å². The fourth-order valence-electron chi connectivity index (χ4n) is 2.90. The Balaban J connectivity index is 1.62. The Labute approximate surface area is 129 Å². The molecule has 0 aromatic heterocycles. The van der Waals surface area contributed by atoms with Gasteiger partial charge in [-0.15, -0.1) is 0 Å². The van der Waals surface area contributed by atoms with Crippen LogP contribution in [0.1, 0.15) is 37.8 Å². The fourth-order valence-corrected chi connectivity index (χ4v) is 2.90. The van der Waals surface area contributed by atoms with Gasteiger partial charge in [0.05, 0.1) is 18.8 Å². The van der Waals surface area contributed by atoms with Crippen molar-refractivity contribution in [2.45, 2.75) is 52.7 Å². The number of ether oxygens (including phenoxy) is 2. The molecule has 3 heteroatoms. The zero-order valence-electron chi connectivity index (χ0n) is 13.9. The van der Waals surface area contributed by atoms with Crippen LogP contribution in [0.2, 0.25) is 0 Å². The van der Waals surface area contributed by atoms with Crippen LogP contribution >= 0.6 is 0 Å². The minimum atomic E-state index is 0.362. The van der Waals surface area contributed by atoms with Crippen LogP contribution in [0.5, 0.6) is 5.75 Å². The van der Waals surface area contributed by atoms with Gasteiger partial charge in [-0.1, -0.05) is 6.07 Å². The van der Waals surface area contributed by atoms with Gasteiger partial charge in [0.2, 0.25) is 0 Å². The van der Waals surface area contributed by atoms with Crippen molar-refractivity contribution in [3.63, 3.8) is 0 Å². The molecule has 118 valence electrons. The third-order valence-corrected chi connectivity index (χ3v) is 4.11. The van der Waals surface area contributed by atoms with E-state index in [9.17, 15) is 0 Å². The average molecular weight is 291 g/mol. The molecule has 1 heterocycles. The zero-order chi connectivity index (χ0) is 15.2. The molecule has 1 aromatic carbocycles. The summed E-state index contributed by atoms with van der Waals surface area (Å²) in [6.07, 6.45) is 3.01. The molecule has 1 aliphatic heterocycles. The number of hydrogen-bond acceptors (Lipinski definition) is 3. The number of nitrogens with zero attached hydrogens (tertiary/aromatic N) is 1. The van der Waals surface area contributed by atoms with Crippen molar-refractivity contribution < 1.29 is 9.47 Å². The molecule has 1 saturated heterocycles. The zero-order valence-corrected chi connectivity index (χ0v) is 13.9. The Kier molecular flexibility index (Phi) is 6.07. The summed E-state index contributed by atoms with van der Waals surface area (Å²) >= 11 is 0. The molecule has 21 heavy (non-hydrogen) atoms. The quantitative estimate of drug-likeness (QED) is 0.748. The highest BCUT2D eigenvalue weighted by Crippen LogP contribution is 2.17. The van der Waals surface area contributed by atoms with Crippen LogP contribution in [0.15, 0.2) is 18.2 Å². The van der Waals surface area contributed by atoms with E-state index >= 15 is 0 Å². The smallest absolute Gasteiger partial charge is 0.119 e. The summed E-state index contributed by atoms with van der Waals surface area (Å²) < 4.78 is 11.6.